The van der Waals surface area contributed by atoms with E-state index in [0.717, 1.165) is 5.56 Å². The number of nitrogens with one attached hydrogen (secondary N) is 1. The Morgan fingerprint density at radius 2 is 1.65 bits per heavy atom. The van der Waals surface area contributed by atoms with Gasteiger partial charge in [-0.2, -0.15) is 0 Å². The summed E-state index contributed by atoms with van der Waals surface area (Å²) in [4.78, 5) is 13.9. The molecule has 158 valence electrons. The number of nitrogens with zero attached hydrogens (tertiary/aromatic N) is 1. The number of sulfone groups is 1. The number of methoxy groups -OCH3 is 1. The number of ether oxygens (including phenoxy) is 2. The smallest absolute Gasteiger partial charge is 0.439 e. The highest BCUT2D eigenvalue weighted by molar-refractivity contribution is 7.91. The van der Waals surface area contributed by atoms with Crippen LogP contribution in [0.1, 0.15) is 5.56 Å². The van der Waals surface area contributed by atoms with Crippen molar-refractivity contribution in [3.63, 3.8) is 0 Å². The van der Waals surface area contributed by atoms with E-state index in [1.165, 1.54) is 31.4 Å². The molecule has 0 aliphatic rings. The third-order valence-electron chi connectivity index (χ3n) is 4.54. The van der Waals surface area contributed by atoms with Crippen molar-refractivity contribution in [1.82, 2.24) is 10.1 Å². The minimum absolute atomic E-state index is 0.0354. The Morgan fingerprint density at radius 3 is 2.26 bits per heavy atom. The zero-order valence-electron chi connectivity index (χ0n) is 16.4. The summed E-state index contributed by atoms with van der Waals surface area (Å²) in [5.41, 5.74) is 1.04. The van der Waals surface area contributed by atoms with Crippen LogP contribution in [0, 0.1) is 0 Å². The van der Waals surface area contributed by atoms with Crippen molar-refractivity contribution in [3.8, 4) is 22.9 Å². The Labute approximate surface area is 178 Å². The summed E-state index contributed by atoms with van der Waals surface area (Å²) < 4.78 is 42.6. The lowest BCUT2D eigenvalue weighted by Crippen LogP contribution is -2.07. The Hall–Kier alpha value is -3.85. The lowest BCUT2D eigenvalue weighted by molar-refractivity contribution is 0.284. The molecule has 0 saturated carbocycles. The predicted molar refractivity (Wildman–Crippen MR) is 112 cm³/mol. The first-order valence-electron chi connectivity index (χ1n) is 9.24. The number of aromatic amines is 1. The van der Waals surface area contributed by atoms with Gasteiger partial charge in [-0.15, -0.1) is 0 Å². The first kappa shape index (κ1) is 20.4. The summed E-state index contributed by atoms with van der Waals surface area (Å²) >= 11 is 0. The van der Waals surface area contributed by atoms with Gasteiger partial charge < -0.3 is 9.47 Å². The van der Waals surface area contributed by atoms with Crippen LogP contribution < -0.4 is 15.2 Å². The highest BCUT2D eigenvalue weighted by Crippen LogP contribution is 2.39. The molecule has 1 heterocycles. The van der Waals surface area contributed by atoms with Gasteiger partial charge in [0.1, 0.15) is 6.61 Å². The largest absolute Gasteiger partial charge is 0.493 e. The van der Waals surface area contributed by atoms with Crippen LogP contribution in [0.5, 0.6) is 11.5 Å². The number of hydrogen-bond donors (Lipinski definition) is 1. The van der Waals surface area contributed by atoms with Gasteiger partial charge in [-0.25, -0.2) is 13.2 Å². The zero-order chi connectivity index (χ0) is 21.8. The van der Waals surface area contributed by atoms with Crippen LogP contribution in [0.25, 0.3) is 11.4 Å². The monoisotopic (exact) mass is 438 g/mol. The highest BCUT2D eigenvalue weighted by Gasteiger charge is 2.27. The van der Waals surface area contributed by atoms with E-state index >= 15 is 0 Å². The molecule has 0 spiro atoms. The fourth-order valence-electron chi connectivity index (χ4n) is 3.03. The molecular weight excluding hydrogens is 420 g/mol. The van der Waals surface area contributed by atoms with Gasteiger partial charge in [-0.05, 0) is 23.8 Å². The quantitative estimate of drug-likeness (QED) is 0.470. The third kappa shape index (κ3) is 4.22. The number of H-pyrrole nitrogens is 1. The molecule has 0 radical (unpaired) electrons. The average Bonchev–Trinajstić information content (AvgIpc) is 3.24. The van der Waals surface area contributed by atoms with E-state index in [0.29, 0.717) is 0 Å². The summed E-state index contributed by atoms with van der Waals surface area (Å²) in [6.07, 6.45) is 0. The molecule has 0 saturated heterocycles. The molecule has 0 bridgehead atoms. The Kier molecular flexibility index (Phi) is 5.59. The molecule has 1 aromatic heterocycles. The van der Waals surface area contributed by atoms with Gasteiger partial charge in [-0.1, -0.05) is 53.7 Å². The second-order valence-electron chi connectivity index (χ2n) is 6.53. The first-order chi connectivity index (χ1) is 15.0. The van der Waals surface area contributed by atoms with Gasteiger partial charge in [0.25, 0.3) is 0 Å². The van der Waals surface area contributed by atoms with Crippen molar-refractivity contribution >= 4 is 9.84 Å². The Bertz CT molecular complexity index is 1350. The molecule has 4 rings (SSSR count). The van der Waals surface area contributed by atoms with Crippen molar-refractivity contribution in [2.24, 2.45) is 0 Å². The highest BCUT2D eigenvalue weighted by atomic mass is 32.2. The molecule has 31 heavy (non-hydrogen) atoms. The van der Waals surface area contributed by atoms with E-state index in [1.807, 2.05) is 30.3 Å². The third-order valence-corrected chi connectivity index (χ3v) is 6.35. The fourth-order valence-corrected chi connectivity index (χ4v) is 4.51. The van der Waals surface area contributed by atoms with Gasteiger partial charge >= 0.3 is 5.76 Å². The molecule has 3 aromatic carbocycles. The molecule has 9 heteroatoms. The van der Waals surface area contributed by atoms with Crippen LogP contribution in [0.15, 0.2) is 91.9 Å². The molecule has 1 N–H and O–H groups in total. The minimum atomic E-state index is -3.96. The van der Waals surface area contributed by atoms with E-state index in [4.69, 9.17) is 9.47 Å². The van der Waals surface area contributed by atoms with E-state index < -0.39 is 15.6 Å². The molecule has 4 aromatic rings. The number of rotatable bonds is 7. The molecular formula is C22H18N2O6S. The molecule has 0 amide bonds. The van der Waals surface area contributed by atoms with Gasteiger partial charge in [0.2, 0.25) is 9.84 Å². The van der Waals surface area contributed by atoms with E-state index in [1.54, 1.807) is 18.2 Å². The average molecular weight is 438 g/mol. The molecule has 8 nitrogen and oxygen atoms in total. The van der Waals surface area contributed by atoms with Crippen LogP contribution >= 0.6 is 0 Å². The van der Waals surface area contributed by atoms with Crippen LogP contribution in [0.2, 0.25) is 0 Å². The second-order valence-corrected chi connectivity index (χ2v) is 8.45. The predicted octanol–water partition coefficient (Wildman–Crippen LogP) is 3.45. The summed E-state index contributed by atoms with van der Waals surface area (Å²) in [7, 11) is -2.55. The maximum Gasteiger partial charge on any atom is 0.439 e. The first-order valence-corrected chi connectivity index (χ1v) is 10.7. The molecule has 0 unspecified atom stereocenters. The van der Waals surface area contributed by atoms with Crippen LogP contribution in [0.3, 0.4) is 0 Å². The van der Waals surface area contributed by atoms with Crippen molar-refractivity contribution in [2.75, 3.05) is 7.11 Å². The van der Waals surface area contributed by atoms with Crippen LogP contribution in [0.4, 0.5) is 0 Å². The molecule has 0 aliphatic carbocycles. The van der Waals surface area contributed by atoms with Crippen molar-refractivity contribution < 1.29 is 22.4 Å². The van der Waals surface area contributed by atoms with Crippen molar-refractivity contribution in [1.29, 1.82) is 0 Å². The lowest BCUT2D eigenvalue weighted by atomic mass is 10.2. The van der Waals surface area contributed by atoms with Crippen molar-refractivity contribution in [2.45, 2.75) is 16.4 Å². The van der Waals surface area contributed by atoms with Gasteiger partial charge in [0.05, 0.1) is 16.9 Å². The zero-order valence-corrected chi connectivity index (χ0v) is 17.3. The summed E-state index contributed by atoms with van der Waals surface area (Å²) in [6.45, 7) is 0.233. The van der Waals surface area contributed by atoms with E-state index in [2.05, 4.69) is 14.7 Å². The van der Waals surface area contributed by atoms with Gasteiger partial charge in [-0.3, -0.25) is 9.51 Å². The van der Waals surface area contributed by atoms with Crippen LogP contribution in [-0.4, -0.2) is 25.7 Å². The Balaban J connectivity index is 1.85. The second kappa shape index (κ2) is 8.49. The maximum atomic E-state index is 13.3. The molecule has 0 atom stereocenters. The fraction of sp³-hybridized carbons (Fsp3) is 0.0909. The number of aromatic nitrogens is 2. The molecule has 0 fully saturated rings. The lowest BCUT2D eigenvalue weighted by Gasteiger charge is -2.15. The number of hydrogen-bond acceptors (Lipinski definition) is 7. The summed E-state index contributed by atoms with van der Waals surface area (Å²) in [5, 5.41) is 3.66. The van der Waals surface area contributed by atoms with E-state index in [-0.39, 0.29) is 39.3 Å². The SMILES string of the molecule is COc1cc(S(=O)(=O)c2ccccc2)c(-c2noc(=O)[nH]2)cc1OCc1ccccc1. The number of benzene rings is 3. The van der Waals surface area contributed by atoms with Gasteiger partial charge in [0, 0.05) is 11.6 Å². The topological polar surface area (TPSA) is 111 Å². The maximum absolute atomic E-state index is 13.3. The Morgan fingerprint density at radius 1 is 0.968 bits per heavy atom. The van der Waals surface area contributed by atoms with Crippen molar-refractivity contribution in [3.05, 3.63) is 88.9 Å². The summed E-state index contributed by atoms with van der Waals surface area (Å²) in [6, 6.07) is 20.2. The molecule has 0 aliphatic heterocycles. The summed E-state index contributed by atoms with van der Waals surface area (Å²) in [5.74, 6) is -0.329. The van der Waals surface area contributed by atoms with E-state index in [9.17, 15) is 13.2 Å². The minimum Gasteiger partial charge on any atom is -0.493 e. The van der Waals surface area contributed by atoms with Crippen LogP contribution in [-0.2, 0) is 16.4 Å². The normalized spacial score (nSPS) is 11.3. The van der Waals surface area contributed by atoms with Gasteiger partial charge in [0.15, 0.2) is 17.3 Å². The standard InChI is InChI=1S/C22H18N2O6S/c1-28-18-13-20(31(26,27)16-10-6-3-7-11-16)17(21-23-22(25)30-24-21)12-19(18)29-14-15-8-4-2-5-9-15/h2-13H,14H2,1H3,(H,23,24,25).